The van der Waals surface area contributed by atoms with Crippen LogP contribution < -0.4 is 16.6 Å². The summed E-state index contributed by atoms with van der Waals surface area (Å²) in [5.41, 5.74) is 3.45. The van der Waals surface area contributed by atoms with Crippen molar-refractivity contribution in [3.8, 4) is 0 Å². The average Bonchev–Trinajstić information content (AvgIpc) is 2.49. The second-order valence-corrected chi connectivity index (χ2v) is 5.66. The van der Waals surface area contributed by atoms with Crippen LogP contribution in [0.15, 0.2) is 24.3 Å². The standard InChI is InChI=1S/C15H21N5/c1-10-6-8-11(9-7-10)17-14-12-4-2-3-5-13(12)18-15(19-14)20-16/h2-5,10-11H,6-9,16H2,1H3,(H2,17,18,19,20). The van der Waals surface area contributed by atoms with Crippen LogP contribution in [0.2, 0.25) is 0 Å². The molecule has 0 unspecified atom stereocenters. The monoisotopic (exact) mass is 271 g/mol. The molecule has 0 aliphatic heterocycles. The normalized spacial score (nSPS) is 22.7. The van der Waals surface area contributed by atoms with Crippen LogP contribution in [0.5, 0.6) is 0 Å². The Morgan fingerprint density at radius 2 is 1.85 bits per heavy atom. The molecule has 0 atom stereocenters. The molecule has 1 saturated carbocycles. The fourth-order valence-corrected chi connectivity index (χ4v) is 2.85. The van der Waals surface area contributed by atoms with Gasteiger partial charge in [0, 0.05) is 11.4 Å². The Morgan fingerprint density at radius 1 is 1.10 bits per heavy atom. The van der Waals surface area contributed by atoms with E-state index in [2.05, 4.69) is 27.6 Å². The summed E-state index contributed by atoms with van der Waals surface area (Å²) in [5.74, 6) is 7.63. The fraction of sp³-hybridized carbons (Fsp3) is 0.467. The third kappa shape index (κ3) is 2.67. The third-order valence-corrected chi connectivity index (χ3v) is 4.09. The van der Waals surface area contributed by atoms with E-state index in [1.807, 2.05) is 24.3 Å². The Labute approximate surface area is 119 Å². The van der Waals surface area contributed by atoms with Crippen LogP contribution in [-0.2, 0) is 0 Å². The summed E-state index contributed by atoms with van der Waals surface area (Å²) in [4.78, 5) is 8.85. The van der Waals surface area contributed by atoms with Gasteiger partial charge in [-0.2, -0.15) is 4.98 Å². The number of rotatable bonds is 3. The Balaban J connectivity index is 1.89. The third-order valence-electron chi connectivity index (χ3n) is 4.09. The van der Waals surface area contributed by atoms with Crippen molar-refractivity contribution in [3.05, 3.63) is 24.3 Å². The number of benzene rings is 1. The average molecular weight is 271 g/mol. The van der Waals surface area contributed by atoms with Crippen molar-refractivity contribution >= 4 is 22.7 Å². The topological polar surface area (TPSA) is 75.9 Å². The molecule has 4 N–H and O–H groups in total. The minimum Gasteiger partial charge on any atom is -0.367 e. The molecule has 20 heavy (non-hydrogen) atoms. The van der Waals surface area contributed by atoms with Crippen LogP contribution in [0.1, 0.15) is 32.6 Å². The summed E-state index contributed by atoms with van der Waals surface area (Å²) < 4.78 is 0. The van der Waals surface area contributed by atoms with Crippen molar-refractivity contribution in [3.63, 3.8) is 0 Å². The van der Waals surface area contributed by atoms with E-state index < -0.39 is 0 Å². The van der Waals surface area contributed by atoms with Crippen molar-refractivity contribution < 1.29 is 0 Å². The van der Waals surface area contributed by atoms with Gasteiger partial charge in [0.2, 0.25) is 5.95 Å². The van der Waals surface area contributed by atoms with E-state index >= 15 is 0 Å². The van der Waals surface area contributed by atoms with Crippen molar-refractivity contribution in [2.75, 3.05) is 10.7 Å². The lowest BCUT2D eigenvalue weighted by molar-refractivity contribution is 0.361. The Kier molecular flexibility index (Phi) is 3.69. The zero-order chi connectivity index (χ0) is 13.9. The first-order chi connectivity index (χ1) is 9.76. The highest BCUT2D eigenvalue weighted by Gasteiger charge is 2.19. The van der Waals surface area contributed by atoms with Crippen LogP contribution in [0.4, 0.5) is 11.8 Å². The number of aromatic nitrogens is 2. The molecule has 1 fully saturated rings. The van der Waals surface area contributed by atoms with E-state index in [-0.39, 0.29) is 0 Å². The van der Waals surface area contributed by atoms with Crippen LogP contribution in [0.25, 0.3) is 10.9 Å². The number of nitrogens with two attached hydrogens (primary N) is 1. The summed E-state index contributed by atoms with van der Waals surface area (Å²) in [7, 11) is 0. The maximum atomic E-state index is 5.46. The summed E-state index contributed by atoms with van der Waals surface area (Å²) in [6, 6.07) is 8.50. The molecule has 1 aliphatic rings. The molecular weight excluding hydrogens is 250 g/mol. The number of hydrogen-bond acceptors (Lipinski definition) is 5. The number of hydrazine groups is 1. The van der Waals surface area contributed by atoms with Gasteiger partial charge in [0.05, 0.1) is 5.52 Å². The molecule has 5 nitrogen and oxygen atoms in total. The molecule has 0 bridgehead atoms. The first-order valence-corrected chi connectivity index (χ1v) is 7.26. The van der Waals surface area contributed by atoms with Crippen molar-refractivity contribution in [1.82, 2.24) is 9.97 Å². The predicted octanol–water partition coefficient (Wildman–Crippen LogP) is 2.91. The number of fused-ring (bicyclic) bond motifs is 1. The highest BCUT2D eigenvalue weighted by molar-refractivity contribution is 5.90. The van der Waals surface area contributed by atoms with Gasteiger partial charge in [-0.3, -0.25) is 5.43 Å². The molecule has 1 aromatic carbocycles. The molecule has 0 saturated heterocycles. The maximum absolute atomic E-state index is 5.46. The molecule has 1 aromatic heterocycles. The van der Waals surface area contributed by atoms with Crippen LogP contribution in [0.3, 0.4) is 0 Å². The van der Waals surface area contributed by atoms with E-state index in [0.29, 0.717) is 12.0 Å². The molecule has 0 spiro atoms. The highest BCUT2D eigenvalue weighted by atomic mass is 15.3. The summed E-state index contributed by atoms with van der Waals surface area (Å²) in [6.07, 6.45) is 4.96. The summed E-state index contributed by atoms with van der Waals surface area (Å²) in [6.45, 7) is 2.33. The molecule has 0 radical (unpaired) electrons. The van der Waals surface area contributed by atoms with Gasteiger partial charge >= 0.3 is 0 Å². The van der Waals surface area contributed by atoms with Gasteiger partial charge in [0.1, 0.15) is 5.82 Å². The van der Waals surface area contributed by atoms with E-state index in [9.17, 15) is 0 Å². The largest absolute Gasteiger partial charge is 0.367 e. The molecular formula is C15H21N5. The molecule has 2 aromatic rings. The zero-order valence-corrected chi connectivity index (χ0v) is 11.8. The van der Waals surface area contributed by atoms with E-state index in [1.54, 1.807) is 0 Å². The summed E-state index contributed by atoms with van der Waals surface area (Å²) in [5, 5.41) is 4.62. The van der Waals surface area contributed by atoms with Gasteiger partial charge in [-0.05, 0) is 43.7 Å². The van der Waals surface area contributed by atoms with Crippen molar-refractivity contribution in [2.45, 2.75) is 38.6 Å². The second kappa shape index (κ2) is 5.63. The number of nitrogens with zero attached hydrogens (tertiary/aromatic N) is 2. The molecule has 106 valence electrons. The smallest absolute Gasteiger partial charge is 0.239 e. The Hall–Kier alpha value is -1.88. The second-order valence-electron chi connectivity index (χ2n) is 5.66. The van der Waals surface area contributed by atoms with Gasteiger partial charge in [-0.15, -0.1) is 0 Å². The number of nitrogens with one attached hydrogen (secondary N) is 2. The molecule has 5 heteroatoms. The van der Waals surface area contributed by atoms with E-state index in [0.717, 1.165) is 22.6 Å². The fourth-order valence-electron chi connectivity index (χ4n) is 2.85. The highest BCUT2D eigenvalue weighted by Crippen LogP contribution is 2.28. The number of hydrogen-bond donors (Lipinski definition) is 3. The van der Waals surface area contributed by atoms with Gasteiger partial charge in [-0.25, -0.2) is 10.8 Å². The first kappa shape index (κ1) is 13.1. The number of nitrogen functional groups attached to an aromatic ring is 1. The molecule has 0 amide bonds. The van der Waals surface area contributed by atoms with Crippen LogP contribution in [-0.4, -0.2) is 16.0 Å². The molecule has 3 rings (SSSR count). The SMILES string of the molecule is CC1CCC(Nc2nc(NN)nc3ccccc23)CC1. The van der Waals surface area contributed by atoms with E-state index in [4.69, 9.17) is 5.84 Å². The molecule has 1 heterocycles. The van der Waals surface area contributed by atoms with Gasteiger partial charge in [-0.1, -0.05) is 19.1 Å². The van der Waals surface area contributed by atoms with Crippen LogP contribution in [0, 0.1) is 5.92 Å². The van der Waals surface area contributed by atoms with Crippen LogP contribution >= 0.6 is 0 Å². The number of para-hydroxylation sites is 1. The Morgan fingerprint density at radius 3 is 2.60 bits per heavy atom. The minimum atomic E-state index is 0.454. The van der Waals surface area contributed by atoms with Gasteiger partial charge in [0.15, 0.2) is 0 Å². The quantitative estimate of drug-likeness (QED) is 0.591. The van der Waals surface area contributed by atoms with Gasteiger partial charge in [0.25, 0.3) is 0 Å². The summed E-state index contributed by atoms with van der Waals surface area (Å²) >= 11 is 0. The zero-order valence-electron chi connectivity index (χ0n) is 11.8. The molecule has 1 aliphatic carbocycles. The lowest BCUT2D eigenvalue weighted by atomic mass is 9.87. The maximum Gasteiger partial charge on any atom is 0.239 e. The van der Waals surface area contributed by atoms with Gasteiger partial charge < -0.3 is 5.32 Å². The Bertz CT molecular complexity index is 590. The lowest BCUT2D eigenvalue weighted by Gasteiger charge is -2.27. The minimum absolute atomic E-state index is 0.454. The predicted molar refractivity (Wildman–Crippen MR) is 82.4 cm³/mol. The van der Waals surface area contributed by atoms with E-state index in [1.165, 1.54) is 25.7 Å². The van der Waals surface area contributed by atoms with Crippen molar-refractivity contribution in [2.24, 2.45) is 11.8 Å². The first-order valence-electron chi connectivity index (χ1n) is 7.26. The lowest BCUT2D eigenvalue weighted by Crippen LogP contribution is -2.26. The number of anilines is 2. The van der Waals surface area contributed by atoms with Crippen molar-refractivity contribution in [1.29, 1.82) is 0 Å².